The number of rotatable bonds is 2. The lowest BCUT2D eigenvalue weighted by molar-refractivity contribution is -0.182. The van der Waals surface area contributed by atoms with Gasteiger partial charge in [0.05, 0.1) is 10.8 Å². The number of likely N-dealkylation sites (tertiary alicyclic amines) is 1. The lowest BCUT2D eigenvalue weighted by Gasteiger charge is -2.56. The first kappa shape index (κ1) is 13.9. The van der Waals surface area contributed by atoms with Crippen molar-refractivity contribution in [3.63, 3.8) is 0 Å². The van der Waals surface area contributed by atoms with Crippen molar-refractivity contribution in [2.75, 3.05) is 6.54 Å². The van der Waals surface area contributed by atoms with Crippen LogP contribution in [0.2, 0.25) is 0 Å². The number of hydrogen-bond donors (Lipinski definition) is 0. The van der Waals surface area contributed by atoms with Crippen molar-refractivity contribution in [2.24, 2.45) is 16.2 Å². The lowest BCUT2D eigenvalue weighted by atomic mass is 9.51. The molecule has 1 aliphatic rings. The number of carbonyl (C=O) groups excluding carboxylic acids is 2. The molecule has 0 radical (unpaired) electrons. The Hall–Kier alpha value is -1.12. The zero-order valence-electron chi connectivity index (χ0n) is 11.8. The highest BCUT2D eigenvalue weighted by Crippen LogP contribution is 2.56. The molecule has 0 aliphatic carbocycles. The van der Waals surface area contributed by atoms with Gasteiger partial charge in [-0.15, -0.1) is 6.58 Å². The molecular weight excluding hydrogens is 214 g/mol. The molecule has 3 heteroatoms. The standard InChI is InChI=1S/C14H23NO2/c1-8-9-15-10(16)12(2,3)14(6,7)13(4,5)11(15)17/h8H,1,9H2,2-7H3. The average Bonchev–Trinajstić information content (AvgIpc) is 2.21. The van der Waals surface area contributed by atoms with E-state index < -0.39 is 10.8 Å². The molecule has 0 aromatic carbocycles. The minimum Gasteiger partial charge on any atom is -0.278 e. The second-order valence-electron chi connectivity index (χ2n) is 6.38. The average molecular weight is 237 g/mol. The summed E-state index contributed by atoms with van der Waals surface area (Å²) in [6.45, 7) is 15.6. The first-order chi connectivity index (χ1) is 7.51. The van der Waals surface area contributed by atoms with Gasteiger partial charge in [-0.05, 0) is 5.41 Å². The van der Waals surface area contributed by atoms with E-state index in [1.807, 2.05) is 41.5 Å². The number of piperidine rings is 1. The molecule has 0 bridgehead atoms. The normalized spacial score (nSPS) is 25.9. The van der Waals surface area contributed by atoms with Crippen LogP contribution >= 0.6 is 0 Å². The second-order valence-corrected chi connectivity index (χ2v) is 6.38. The van der Waals surface area contributed by atoms with Crippen molar-refractivity contribution in [3.05, 3.63) is 12.7 Å². The fraction of sp³-hybridized carbons (Fsp3) is 0.714. The number of carbonyl (C=O) groups is 2. The van der Waals surface area contributed by atoms with Crippen molar-refractivity contribution in [1.29, 1.82) is 0 Å². The van der Waals surface area contributed by atoms with Crippen LogP contribution in [0.5, 0.6) is 0 Å². The molecule has 1 saturated heterocycles. The van der Waals surface area contributed by atoms with E-state index in [0.717, 1.165) is 0 Å². The molecule has 96 valence electrons. The van der Waals surface area contributed by atoms with Crippen LogP contribution in [0.25, 0.3) is 0 Å². The zero-order chi connectivity index (χ0) is 13.6. The summed E-state index contributed by atoms with van der Waals surface area (Å²) in [7, 11) is 0. The molecule has 0 aromatic heterocycles. The molecule has 0 aromatic rings. The second kappa shape index (κ2) is 3.69. The van der Waals surface area contributed by atoms with Crippen LogP contribution in [-0.2, 0) is 9.59 Å². The van der Waals surface area contributed by atoms with Crippen LogP contribution in [0.15, 0.2) is 12.7 Å². The number of nitrogens with zero attached hydrogens (tertiary/aromatic N) is 1. The summed E-state index contributed by atoms with van der Waals surface area (Å²) in [6, 6.07) is 0. The maximum absolute atomic E-state index is 12.4. The molecule has 2 amide bonds. The first-order valence-electron chi connectivity index (χ1n) is 5.99. The third-order valence-corrected chi connectivity index (χ3v) is 5.00. The van der Waals surface area contributed by atoms with Gasteiger partial charge in [0.15, 0.2) is 0 Å². The monoisotopic (exact) mass is 237 g/mol. The van der Waals surface area contributed by atoms with Gasteiger partial charge in [0.1, 0.15) is 0 Å². The van der Waals surface area contributed by atoms with Gasteiger partial charge in [-0.1, -0.05) is 47.6 Å². The van der Waals surface area contributed by atoms with Crippen molar-refractivity contribution < 1.29 is 9.59 Å². The SMILES string of the molecule is C=CCN1C(=O)C(C)(C)C(C)(C)C(C)(C)C1=O. The molecule has 3 nitrogen and oxygen atoms in total. The van der Waals surface area contributed by atoms with Gasteiger partial charge in [0.25, 0.3) is 0 Å². The van der Waals surface area contributed by atoms with Crippen molar-refractivity contribution >= 4 is 11.8 Å². The fourth-order valence-corrected chi connectivity index (χ4v) is 2.38. The summed E-state index contributed by atoms with van der Waals surface area (Å²) in [5, 5.41) is 0. The Morgan fingerprint density at radius 3 is 1.65 bits per heavy atom. The highest BCUT2D eigenvalue weighted by Gasteiger charge is 2.61. The lowest BCUT2D eigenvalue weighted by Crippen LogP contribution is -2.65. The third-order valence-electron chi connectivity index (χ3n) is 5.00. The Bertz CT molecular complexity index is 348. The van der Waals surface area contributed by atoms with E-state index in [4.69, 9.17) is 0 Å². The van der Waals surface area contributed by atoms with E-state index in [2.05, 4.69) is 6.58 Å². The first-order valence-corrected chi connectivity index (χ1v) is 5.99. The smallest absolute Gasteiger partial charge is 0.235 e. The zero-order valence-corrected chi connectivity index (χ0v) is 11.8. The maximum atomic E-state index is 12.4. The van der Waals surface area contributed by atoms with Gasteiger partial charge in [0.2, 0.25) is 11.8 Å². The molecule has 1 aliphatic heterocycles. The minimum absolute atomic E-state index is 0.105. The van der Waals surface area contributed by atoms with Crippen LogP contribution in [-0.4, -0.2) is 23.3 Å². The molecule has 0 spiro atoms. The number of amides is 2. The quantitative estimate of drug-likeness (QED) is 0.547. The number of imide groups is 1. The Labute approximate surface area is 104 Å². The molecule has 0 unspecified atom stereocenters. The molecule has 0 N–H and O–H groups in total. The van der Waals surface area contributed by atoms with Gasteiger partial charge < -0.3 is 0 Å². The van der Waals surface area contributed by atoms with Crippen LogP contribution < -0.4 is 0 Å². The van der Waals surface area contributed by atoms with Gasteiger partial charge in [0, 0.05) is 6.54 Å². The van der Waals surface area contributed by atoms with Gasteiger partial charge in [-0.2, -0.15) is 0 Å². The summed E-state index contributed by atoms with van der Waals surface area (Å²) in [5.41, 5.74) is -1.51. The Morgan fingerprint density at radius 1 is 1.00 bits per heavy atom. The minimum atomic E-state index is -0.562. The Kier molecular flexibility index (Phi) is 3.02. The molecule has 17 heavy (non-hydrogen) atoms. The summed E-state index contributed by atoms with van der Waals surface area (Å²) in [4.78, 5) is 26.1. The van der Waals surface area contributed by atoms with E-state index in [9.17, 15) is 9.59 Å². The molecule has 1 fully saturated rings. The van der Waals surface area contributed by atoms with Crippen LogP contribution in [0.1, 0.15) is 41.5 Å². The molecule has 0 atom stereocenters. The van der Waals surface area contributed by atoms with Crippen molar-refractivity contribution in [2.45, 2.75) is 41.5 Å². The molecule has 1 heterocycles. The van der Waals surface area contributed by atoms with E-state index in [-0.39, 0.29) is 17.2 Å². The summed E-state index contributed by atoms with van der Waals surface area (Å²) < 4.78 is 0. The highest BCUT2D eigenvalue weighted by atomic mass is 16.2. The molecule has 0 saturated carbocycles. The predicted octanol–water partition coefficient (Wildman–Crippen LogP) is 2.62. The number of hydrogen-bond acceptors (Lipinski definition) is 2. The van der Waals surface area contributed by atoms with Gasteiger partial charge in [-0.25, -0.2) is 0 Å². The largest absolute Gasteiger partial charge is 0.278 e. The van der Waals surface area contributed by atoms with Crippen LogP contribution in [0.3, 0.4) is 0 Å². The maximum Gasteiger partial charge on any atom is 0.235 e. The third kappa shape index (κ3) is 1.55. The van der Waals surface area contributed by atoms with E-state index in [0.29, 0.717) is 6.54 Å². The summed E-state index contributed by atoms with van der Waals surface area (Å²) >= 11 is 0. The Balaban J connectivity index is 3.37. The van der Waals surface area contributed by atoms with Gasteiger partial charge >= 0.3 is 0 Å². The van der Waals surface area contributed by atoms with Crippen molar-refractivity contribution in [1.82, 2.24) is 4.90 Å². The fourth-order valence-electron chi connectivity index (χ4n) is 2.38. The highest BCUT2D eigenvalue weighted by molar-refractivity contribution is 6.04. The van der Waals surface area contributed by atoms with Crippen LogP contribution in [0, 0.1) is 16.2 Å². The van der Waals surface area contributed by atoms with Gasteiger partial charge in [-0.3, -0.25) is 14.5 Å². The van der Waals surface area contributed by atoms with E-state index in [1.54, 1.807) is 6.08 Å². The molecular formula is C14H23NO2. The van der Waals surface area contributed by atoms with E-state index in [1.165, 1.54) is 4.90 Å². The van der Waals surface area contributed by atoms with Crippen LogP contribution in [0.4, 0.5) is 0 Å². The van der Waals surface area contributed by atoms with Crippen molar-refractivity contribution in [3.8, 4) is 0 Å². The summed E-state index contributed by atoms with van der Waals surface area (Å²) in [6.07, 6.45) is 1.60. The predicted molar refractivity (Wildman–Crippen MR) is 68.3 cm³/mol. The Morgan fingerprint density at radius 2 is 1.35 bits per heavy atom. The van der Waals surface area contributed by atoms with E-state index >= 15 is 0 Å². The topological polar surface area (TPSA) is 37.4 Å². The summed E-state index contributed by atoms with van der Waals surface area (Å²) in [5.74, 6) is -0.210. The molecule has 1 rings (SSSR count).